The molecule has 2 unspecified atom stereocenters. The van der Waals surface area contributed by atoms with Gasteiger partial charge in [0.25, 0.3) is 5.91 Å². The molecule has 1 saturated heterocycles. The van der Waals surface area contributed by atoms with Crippen molar-refractivity contribution in [3.05, 3.63) is 41.5 Å². The second kappa shape index (κ2) is 7.44. The van der Waals surface area contributed by atoms with Gasteiger partial charge in [-0.3, -0.25) is 4.79 Å². The highest BCUT2D eigenvalue weighted by molar-refractivity contribution is 5.97. The third-order valence-corrected chi connectivity index (χ3v) is 4.02. The Balaban J connectivity index is 1.65. The van der Waals surface area contributed by atoms with E-state index in [4.69, 9.17) is 9.26 Å². The summed E-state index contributed by atoms with van der Waals surface area (Å²) in [7, 11) is 0. The third-order valence-electron chi connectivity index (χ3n) is 4.02. The summed E-state index contributed by atoms with van der Waals surface area (Å²) < 4.78 is 10.6. The van der Waals surface area contributed by atoms with Crippen LogP contribution in [0, 0.1) is 6.92 Å². The quantitative estimate of drug-likeness (QED) is 0.869. The summed E-state index contributed by atoms with van der Waals surface area (Å²) in [6, 6.07) is 7.79. The lowest BCUT2D eigenvalue weighted by Crippen LogP contribution is -2.46. The Labute approximate surface area is 140 Å². The SMILES string of the molecule is Cc1nc(COc2ccccc2C(=O)NC2CCNC(C)C2)no1. The number of amides is 1. The number of carbonyl (C=O) groups is 1. The summed E-state index contributed by atoms with van der Waals surface area (Å²) in [5.41, 5.74) is 0.518. The molecule has 2 heterocycles. The maximum absolute atomic E-state index is 12.6. The molecule has 0 radical (unpaired) electrons. The van der Waals surface area contributed by atoms with Crippen molar-refractivity contribution < 1.29 is 14.1 Å². The number of para-hydroxylation sites is 1. The van der Waals surface area contributed by atoms with E-state index in [0.717, 1.165) is 19.4 Å². The maximum atomic E-state index is 12.6. The fraction of sp³-hybridized carbons (Fsp3) is 0.471. The predicted octanol–water partition coefficient (Wildman–Crippen LogP) is 1.83. The minimum Gasteiger partial charge on any atom is -0.485 e. The van der Waals surface area contributed by atoms with Gasteiger partial charge in [0.15, 0.2) is 6.61 Å². The number of carbonyl (C=O) groups excluding carboxylic acids is 1. The van der Waals surface area contributed by atoms with Gasteiger partial charge in [-0.25, -0.2) is 0 Å². The molecule has 1 aliphatic heterocycles. The summed E-state index contributed by atoms with van der Waals surface area (Å²) in [6.07, 6.45) is 1.86. The van der Waals surface area contributed by atoms with Gasteiger partial charge in [-0.1, -0.05) is 17.3 Å². The normalized spacial score (nSPS) is 20.6. The lowest BCUT2D eigenvalue weighted by Gasteiger charge is -2.28. The fourth-order valence-electron chi connectivity index (χ4n) is 2.85. The second-order valence-electron chi connectivity index (χ2n) is 6.06. The Hall–Kier alpha value is -2.41. The Morgan fingerprint density at radius 3 is 3.04 bits per heavy atom. The van der Waals surface area contributed by atoms with E-state index < -0.39 is 0 Å². The van der Waals surface area contributed by atoms with Crippen LogP contribution >= 0.6 is 0 Å². The first-order valence-electron chi connectivity index (χ1n) is 8.17. The molecule has 24 heavy (non-hydrogen) atoms. The second-order valence-corrected chi connectivity index (χ2v) is 6.06. The zero-order valence-electron chi connectivity index (χ0n) is 13.9. The van der Waals surface area contributed by atoms with Crippen LogP contribution in [-0.4, -0.2) is 34.7 Å². The van der Waals surface area contributed by atoms with Crippen molar-refractivity contribution in [2.24, 2.45) is 0 Å². The standard InChI is InChI=1S/C17H22N4O3/c1-11-9-13(7-8-18-11)20-17(22)14-5-3-4-6-15(14)23-10-16-19-12(2)24-21-16/h3-6,11,13,18H,7-10H2,1-2H3,(H,20,22). The highest BCUT2D eigenvalue weighted by Gasteiger charge is 2.22. The first kappa shape index (κ1) is 16.4. The number of ether oxygens (including phenoxy) is 1. The zero-order chi connectivity index (χ0) is 16.9. The number of nitrogens with one attached hydrogen (secondary N) is 2. The van der Waals surface area contributed by atoms with Gasteiger partial charge in [0.05, 0.1) is 5.56 Å². The molecule has 1 aromatic carbocycles. The van der Waals surface area contributed by atoms with Gasteiger partial charge in [-0.2, -0.15) is 4.98 Å². The van der Waals surface area contributed by atoms with Crippen LogP contribution in [0.2, 0.25) is 0 Å². The number of benzene rings is 1. The van der Waals surface area contributed by atoms with Crippen LogP contribution in [0.4, 0.5) is 0 Å². The van der Waals surface area contributed by atoms with Crippen LogP contribution in [0.5, 0.6) is 5.75 Å². The van der Waals surface area contributed by atoms with E-state index in [-0.39, 0.29) is 18.6 Å². The third kappa shape index (κ3) is 4.11. The minimum absolute atomic E-state index is 0.117. The highest BCUT2D eigenvalue weighted by Crippen LogP contribution is 2.20. The molecule has 1 aliphatic rings. The molecule has 128 valence electrons. The number of rotatable bonds is 5. The molecule has 0 aliphatic carbocycles. The molecular weight excluding hydrogens is 308 g/mol. The molecule has 0 bridgehead atoms. The van der Waals surface area contributed by atoms with Crippen molar-refractivity contribution in [2.45, 2.75) is 45.4 Å². The predicted molar refractivity (Wildman–Crippen MR) is 87.8 cm³/mol. The molecule has 1 aromatic heterocycles. The van der Waals surface area contributed by atoms with Gasteiger partial charge in [-0.15, -0.1) is 0 Å². The molecule has 0 saturated carbocycles. The first-order valence-corrected chi connectivity index (χ1v) is 8.17. The lowest BCUT2D eigenvalue weighted by molar-refractivity contribution is 0.0921. The summed E-state index contributed by atoms with van der Waals surface area (Å²) in [5.74, 6) is 1.34. The molecule has 3 rings (SSSR count). The van der Waals surface area contributed by atoms with E-state index in [9.17, 15) is 4.79 Å². The number of hydrogen-bond donors (Lipinski definition) is 2. The molecule has 7 nitrogen and oxygen atoms in total. The molecule has 2 atom stereocenters. The van der Waals surface area contributed by atoms with Crippen molar-refractivity contribution in [1.29, 1.82) is 0 Å². The Bertz CT molecular complexity index is 701. The topological polar surface area (TPSA) is 89.3 Å². The van der Waals surface area contributed by atoms with Crippen LogP contribution in [0.25, 0.3) is 0 Å². The Morgan fingerprint density at radius 1 is 1.46 bits per heavy atom. The van der Waals surface area contributed by atoms with Crippen molar-refractivity contribution in [3.63, 3.8) is 0 Å². The highest BCUT2D eigenvalue weighted by atomic mass is 16.5. The van der Waals surface area contributed by atoms with E-state index in [1.807, 2.05) is 12.1 Å². The molecule has 1 amide bonds. The smallest absolute Gasteiger partial charge is 0.255 e. The maximum Gasteiger partial charge on any atom is 0.255 e. The lowest BCUT2D eigenvalue weighted by atomic mass is 10.00. The number of piperidine rings is 1. The van der Waals surface area contributed by atoms with Crippen LogP contribution in [0.3, 0.4) is 0 Å². The van der Waals surface area contributed by atoms with Gasteiger partial charge >= 0.3 is 0 Å². The molecule has 1 fully saturated rings. The van der Waals surface area contributed by atoms with Gasteiger partial charge in [0, 0.05) is 19.0 Å². The van der Waals surface area contributed by atoms with Crippen molar-refractivity contribution in [2.75, 3.05) is 6.54 Å². The molecule has 0 spiro atoms. The Morgan fingerprint density at radius 2 is 2.29 bits per heavy atom. The summed E-state index contributed by atoms with van der Waals surface area (Å²) in [6.45, 7) is 4.92. The Kier molecular flexibility index (Phi) is 5.10. The average Bonchev–Trinajstić information content (AvgIpc) is 2.99. The molecule has 7 heteroatoms. The average molecular weight is 330 g/mol. The monoisotopic (exact) mass is 330 g/mol. The van der Waals surface area contributed by atoms with Crippen LogP contribution in [0.15, 0.2) is 28.8 Å². The van der Waals surface area contributed by atoms with Crippen molar-refractivity contribution >= 4 is 5.91 Å². The first-order chi connectivity index (χ1) is 11.6. The van der Waals surface area contributed by atoms with Crippen LogP contribution < -0.4 is 15.4 Å². The van der Waals surface area contributed by atoms with Gasteiger partial charge in [0.2, 0.25) is 11.7 Å². The molecular formula is C17H22N4O3. The zero-order valence-corrected chi connectivity index (χ0v) is 13.9. The van der Waals surface area contributed by atoms with Crippen molar-refractivity contribution in [1.82, 2.24) is 20.8 Å². The van der Waals surface area contributed by atoms with E-state index in [1.165, 1.54) is 0 Å². The van der Waals surface area contributed by atoms with E-state index >= 15 is 0 Å². The minimum atomic E-state index is -0.117. The number of aromatic nitrogens is 2. The van der Waals surface area contributed by atoms with E-state index in [2.05, 4.69) is 27.7 Å². The van der Waals surface area contributed by atoms with Gasteiger partial charge in [-0.05, 0) is 38.4 Å². The number of hydrogen-bond acceptors (Lipinski definition) is 6. The van der Waals surface area contributed by atoms with Gasteiger partial charge in [0.1, 0.15) is 5.75 Å². The van der Waals surface area contributed by atoms with Crippen LogP contribution in [0.1, 0.15) is 41.8 Å². The number of nitrogens with zero attached hydrogens (tertiary/aromatic N) is 2. The van der Waals surface area contributed by atoms with Crippen molar-refractivity contribution in [3.8, 4) is 5.75 Å². The van der Waals surface area contributed by atoms with Gasteiger partial charge < -0.3 is 19.9 Å². The summed E-state index contributed by atoms with van der Waals surface area (Å²) >= 11 is 0. The molecule has 2 aromatic rings. The van der Waals surface area contributed by atoms with E-state index in [0.29, 0.717) is 29.1 Å². The largest absolute Gasteiger partial charge is 0.485 e. The van der Waals surface area contributed by atoms with Crippen LogP contribution in [-0.2, 0) is 6.61 Å². The summed E-state index contributed by atoms with van der Waals surface area (Å²) in [4.78, 5) is 16.7. The van der Waals surface area contributed by atoms with E-state index in [1.54, 1.807) is 19.1 Å². The summed E-state index contributed by atoms with van der Waals surface area (Å²) in [5, 5.41) is 10.3. The number of aryl methyl sites for hydroxylation is 1. The molecule has 2 N–H and O–H groups in total. The fourth-order valence-corrected chi connectivity index (χ4v) is 2.85.